The molecule has 0 atom stereocenters. The van der Waals surface area contributed by atoms with Gasteiger partial charge in [-0.1, -0.05) is 19.1 Å². The van der Waals surface area contributed by atoms with Crippen LogP contribution in [0.15, 0.2) is 12.2 Å². The Kier molecular flexibility index (Phi) is 4.35. The van der Waals surface area contributed by atoms with Crippen LogP contribution in [-0.4, -0.2) is 38.5 Å². The fourth-order valence-corrected chi connectivity index (χ4v) is 2.14. The zero-order valence-corrected chi connectivity index (χ0v) is 10.3. The molecule has 2 fully saturated rings. The van der Waals surface area contributed by atoms with Gasteiger partial charge in [-0.3, -0.25) is 10.6 Å². The minimum Gasteiger partial charge on any atom is -0.301 e. The lowest BCUT2D eigenvalue weighted by Gasteiger charge is -2.29. The standard InChI is InChI=1S/C12H24N4/c1-9-5-15-12(16-6-9)4-3-11-7-13-10(2)14-8-11/h3-4,9-16H,5-8H2,1-2H3. The molecule has 2 aliphatic rings. The normalized spacial score (nSPS) is 41.4. The SMILES string of the molecule is CC1CNC(C=CC2CNC(C)NC2)NC1. The molecule has 4 nitrogen and oxygen atoms in total. The second-order valence-electron chi connectivity index (χ2n) is 5.08. The molecule has 4 heteroatoms. The first-order valence-corrected chi connectivity index (χ1v) is 6.36. The van der Waals surface area contributed by atoms with Crippen molar-refractivity contribution in [2.24, 2.45) is 11.8 Å². The van der Waals surface area contributed by atoms with Crippen molar-refractivity contribution in [2.45, 2.75) is 26.2 Å². The second kappa shape index (κ2) is 5.77. The van der Waals surface area contributed by atoms with Crippen LogP contribution in [0.2, 0.25) is 0 Å². The quantitative estimate of drug-likeness (QED) is 0.493. The Hall–Kier alpha value is -0.420. The van der Waals surface area contributed by atoms with Crippen molar-refractivity contribution in [1.82, 2.24) is 21.3 Å². The van der Waals surface area contributed by atoms with E-state index in [0.717, 1.165) is 32.1 Å². The number of rotatable bonds is 2. The van der Waals surface area contributed by atoms with E-state index in [9.17, 15) is 0 Å². The van der Waals surface area contributed by atoms with Crippen LogP contribution in [0.25, 0.3) is 0 Å². The lowest BCUT2D eigenvalue weighted by molar-refractivity contribution is 0.335. The maximum absolute atomic E-state index is 3.48. The molecular weight excluding hydrogens is 200 g/mol. The minimum absolute atomic E-state index is 0.357. The first-order valence-electron chi connectivity index (χ1n) is 6.36. The summed E-state index contributed by atoms with van der Waals surface area (Å²) < 4.78 is 0. The topological polar surface area (TPSA) is 48.1 Å². The Morgan fingerprint density at radius 3 is 2.06 bits per heavy atom. The summed E-state index contributed by atoms with van der Waals surface area (Å²) in [6.07, 6.45) is 5.38. The summed E-state index contributed by atoms with van der Waals surface area (Å²) in [4.78, 5) is 0. The molecule has 2 aliphatic heterocycles. The predicted molar refractivity (Wildman–Crippen MR) is 67.1 cm³/mol. The van der Waals surface area contributed by atoms with E-state index in [4.69, 9.17) is 0 Å². The van der Waals surface area contributed by atoms with E-state index in [-0.39, 0.29) is 0 Å². The van der Waals surface area contributed by atoms with Gasteiger partial charge in [-0.15, -0.1) is 0 Å². The summed E-state index contributed by atoms with van der Waals surface area (Å²) in [5.74, 6) is 1.35. The first kappa shape index (κ1) is 12.0. The van der Waals surface area contributed by atoms with Gasteiger partial charge < -0.3 is 10.6 Å². The first-order chi connectivity index (χ1) is 7.74. The monoisotopic (exact) mass is 224 g/mol. The third-order valence-corrected chi connectivity index (χ3v) is 3.32. The van der Waals surface area contributed by atoms with E-state index in [0.29, 0.717) is 18.2 Å². The molecule has 2 rings (SSSR count). The Morgan fingerprint density at radius 1 is 0.812 bits per heavy atom. The van der Waals surface area contributed by atoms with Crippen LogP contribution in [0.1, 0.15) is 13.8 Å². The van der Waals surface area contributed by atoms with Crippen LogP contribution < -0.4 is 21.3 Å². The van der Waals surface area contributed by atoms with Gasteiger partial charge in [0.25, 0.3) is 0 Å². The molecule has 0 aromatic rings. The summed E-state index contributed by atoms with van der Waals surface area (Å²) in [5.41, 5.74) is 0. The molecular formula is C12H24N4. The predicted octanol–water partition coefficient (Wildman–Crippen LogP) is -0.147. The van der Waals surface area contributed by atoms with Gasteiger partial charge >= 0.3 is 0 Å². The highest BCUT2D eigenvalue weighted by Crippen LogP contribution is 2.04. The molecule has 0 aromatic heterocycles. The van der Waals surface area contributed by atoms with E-state index < -0.39 is 0 Å². The smallest absolute Gasteiger partial charge is 0.0764 e. The van der Waals surface area contributed by atoms with Crippen LogP contribution in [0, 0.1) is 11.8 Å². The molecule has 0 spiro atoms. The van der Waals surface area contributed by atoms with Crippen LogP contribution in [0.3, 0.4) is 0 Å². The molecule has 16 heavy (non-hydrogen) atoms. The van der Waals surface area contributed by atoms with E-state index in [1.54, 1.807) is 0 Å². The van der Waals surface area contributed by atoms with Crippen LogP contribution >= 0.6 is 0 Å². The Balaban J connectivity index is 1.72. The average Bonchev–Trinajstić information content (AvgIpc) is 2.30. The van der Waals surface area contributed by atoms with Crippen LogP contribution in [0.4, 0.5) is 0 Å². The maximum Gasteiger partial charge on any atom is 0.0764 e. The van der Waals surface area contributed by atoms with Gasteiger partial charge in [0.05, 0.1) is 12.3 Å². The largest absolute Gasteiger partial charge is 0.301 e. The summed E-state index contributed by atoms with van der Waals surface area (Å²) in [7, 11) is 0. The molecule has 2 heterocycles. The highest BCUT2D eigenvalue weighted by atomic mass is 15.2. The average molecular weight is 224 g/mol. The Bertz CT molecular complexity index is 201. The minimum atomic E-state index is 0.357. The summed E-state index contributed by atoms with van der Waals surface area (Å²) in [6, 6.07) is 0. The molecule has 92 valence electrons. The number of nitrogens with one attached hydrogen (secondary N) is 4. The number of hydrogen-bond donors (Lipinski definition) is 4. The molecule has 0 aliphatic carbocycles. The van der Waals surface area contributed by atoms with Crippen molar-refractivity contribution in [2.75, 3.05) is 26.2 Å². The molecule has 4 N–H and O–H groups in total. The molecule has 0 radical (unpaired) electrons. The molecule has 0 saturated carbocycles. The molecule has 2 saturated heterocycles. The van der Waals surface area contributed by atoms with Gasteiger partial charge in [0.15, 0.2) is 0 Å². The van der Waals surface area contributed by atoms with Gasteiger partial charge in [-0.2, -0.15) is 0 Å². The van der Waals surface area contributed by atoms with Crippen molar-refractivity contribution >= 4 is 0 Å². The van der Waals surface area contributed by atoms with Crippen molar-refractivity contribution in [3.63, 3.8) is 0 Å². The van der Waals surface area contributed by atoms with Gasteiger partial charge in [0.2, 0.25) is 0 Å². The van der Waals surface area contributed by atoms with E-state index in [1.807, 2.05) is 0 Å². The Labute approximate surface area is 98.3 Å². The zero-order valence-electron chi connectivity index (χ0n) is 10.3. The van der Waals surface area contributed by atoms with Gasteiger partial charge in [0.1, 0.15) is 0 Å². The highest BCUT2D eigenvalue weighted by molar-refractivity contribution is 4.99. The van der Waals surface area contributed by atoms with Crippen molar-refractivity contribution < 1.29 is 0 Å². The fraction of sp³-hybridized carbons (Fsp3) is 0.833. The van der Waals surface area contributed by atoms with Crippen molar-refractivity contribution in [1.29, 1.82) is 0 Å². The zero-order chi connectivity index (χ0) is 11.4. The fourth-order valence-electron chi connectivity index (χ4n) is 2.14. The molecule has 0 amide bonds. The molecule has 0 aromatic carbocycles. The molecule has 0 unspecified atom stereocenters. The van der Waals surface area contributed by atoms with Crippen molar-refractivity contribution in [3.05, 3.63) is 12.2 Å². The number of hydrogen-bond acceptors (Lipinski definition) is 4. The lowest BCUT2D eigenvalue weighted by Crippen LogP contribution is -2.52. The van der Waals surface area contributed by atoms with Crippen LogP contribution in [0.5, 0.6) is 0 Å². The van der Waals surface area contributed by atoms with Gasteiger partial charge in [-0.25, -0.2) is 0 Å². The second-order valence-corrected chi connectivity index (χ2v) is 5.08. The maximum atomic E-state index is 3.48. The summed E-state index contributed by atoms with van der Waals surface area (Å²) >= 11 is 0. The summed E-state index contributed by atoms with van der Waals surface area (Å²) in [5, 5.41) is 13.8. The summed E-state index contributed by atoms with van der Waals surface area (Å²) in [6.45, 7) is 8.80. The highest BCUT2D eigenvalue weighted by Gasteiger charge is 2.16. The molecule has 0 bridgehead atoms. The van der Waals surface area contributed by atoms with E-state index >= 15 is 0 Å². The van der Waals surface area contributed by atoms with Gasteiger partial charge in [-0.05, 0) is 12.8 Å². The lowest BCUT2D eigenvalue weighted by atomic mass is 10.1. The van der Waals surface area contributed by atoms with Gasteiger partial charge in [0, 0.05) is 32.1 Å². The van der Waals surface area contributed by atoms with E-state index in [2.05, 4.69) is 47.3 Å². The van der Waals surface area contributed by atoms with E-state index in [1.165, 1.54) is 0 Å². The van der Waals surface area contributed by atoms with Crippen LogP contribution in [-0.2, 0) is 0 Å². The third-order valence-electron chi connectivity index (χ3n) is 3.32. The van der Waals surface area contributed by atoms with Crippen molar-refractivity contribution in [3.8, 4) is 0 Å². The Morgan fingerprint density at radius 2 is 1.44 bits per heavy atom. The third kappa shape index (κ3) is 3.56.